The van der Waals surface area contributed by atoms with Crippen molar-refractivity contribution in [2.24, 2.45) is 5.92 Å². The highest BCUT2D eigenvalue weighted by molar-refractivity contribution is 9.10. The Morgan fingerprint density at radius 1 is 1.12 bits per heavy atom. The van der Waals surface area contributed by atoms with E-state index in [1.807, 2.05) is 24.3 Å². The van der Waals surface area contributed by atoms with Crippen LogP contribution in [0.3, 0.4) is 0 Å². The molecule has 2 aromatic rings. The molecule has 4 heteroatoms. The number of halogens is 1. The molecule has 1 saturated heterocycles. The van der Waals surface area contributed by atoms with Gasteiger partial charge < -0.3 is 5.32 Å². The van der Waals surface area contributed by atoms with Crippen molar-refractivity contribution in [1.82, 2.24) is 4.90 Å². The van der Waals surface area contributed by atoms with E-state index in [2.05, 4.69) is 57.3 Å². The number of aryl methyl sites for hydroxylation is 1. The summed E-state index contributed by atoms with van der Waals surface area (Å²) in [6.07, 6.45) is 1.84. The van der Waals surface area contributed by atoms with Gasteiger partial charge in [0, 0.05) is 16.9 Å². The number of piperidine rings is 1. The predicted molar refractivity (Wildman–Crippen MR) is 102 cm³/mol. The topological polar surface area (TPSA) is 32.3 Å². The van der Waals surface area contributed by atoms with Crippen molar-refractivity contribution in [3.8, 4) is 0 Å². The molecule has 1 fully saturated rings. The van der Waals surface area contributed by atoms with Gasteiger partial charge in [0.05, 0.1) is 5.69 Å². The Hall–Kier alpha value is -1.65. The van der Waals surface area contributed by atoms with E-state index < -0.39 is 0 Å². The van der Waals surface area contributed by atoms with E-state index >= 15 is 0 Å². The summed E-state index contributed by atoms with van der Waals surface area (Å²) in [4.78, 5) is 14.9. The van der Waals surface area contributed by atoms with Gasteiger partial charge in [-0.2, -0.15) is 0 Å². The first kappa shape index (κ1) is 17.2. The molecule has 24 heavy (non-hydrogen) atoms. The van der Waals surface area contributed by atoms with Gasteiger partial charge in [-0.05, 0) is 66.5 Å². The fourth-order valence-corrected chi connectivity index (χ4v) is 3.49. The predicted octanol–water partition coefficient (Wildman–Crippen LogP) is 4.61. The number of anilines is 1. The summed E-state index contributed by atoms with van der Waals surface area (Å²) in [5, 5.41) is 3.05. The Bertz CT molecular complexity index is 691. The van der Waals surface area contributed by atoms with Gasteiger partial charge in [0.2, 0.25) is 5.91 Å². The average Bonchev–Trinajstić information content (AvgIpc) is 2.59. The third-order valence-corrected chi connectivity index (χ3v) is 5.31. The molecule has 0 aliphatic carbocycles. The first-order chi connectivity index (χ1) is 11.6. The molecule has 1 heterocycles. The minimum Gasteiger partial charge on any atom is -0.325 e. The van der Waals surface area contributed by atoms with Crippen LogP contribution in [0.1, 0.15) is 24.0 Å². The zero-order valence-corrected chi connectivity index (χ0v) is 15.6. The van der Waals surface area contributed by atoms with Crippen molar-refractivity contribution in [1.29, 1.82) is 0 Å². The van der Waals surface area contributed by atoms with Crippen LogP contribution in [0.2, 0.25) is 0 Å². The van der Waals surface area contributed by atoms with Crippen LogP contribution < -0.4 is 5.32 Å². The van der Waals surface area contributed by atoms with Crippen molar-refractivity contribution in [3.63, 3.8) is 0 Å². The number of amides is 1. The molecule has 126 valence electrons. The highest BCUT2D eigenvalue weighted by Gasteiger charge is 2.25. The minimum absolute atomic E-state index is 0.103. The van der Waals surface area contributed by atoms with Gasteiger partial charge in [-0.3, -0.25) is 9.69 Å². The van der Waals surface area contributed by atoms with Crippen molar-refractivity contribution >= 4 is 27.5 Å². The van der Waals surface area contributed by atoms with E-state index in [1.54, 1.807) is 0 Å². The first-order valence-electron chi connectivity index (χ1n) is 8.45. The normalized spacial score (nSPS) is 16.1. The molecule has 0 bridgehead atoms. The second kappa shape index (κ2) is 7.95. The maximum absolute atomic E-state index is 12.5. The zero-order chi connectivity index (χ0) is 16.9. The average molecular weight is 387 g/mol. The van der Waals surface area contributed by atoms with Crippen LogP contribution in [0.5, 0.6) is 0 Å². The SMILES string of the molecule is Cc1ccc(CN2CCC(C(=O)Nc3ccccc3Br)CC2)cc1. The molecule has 2 aromatic carbocycles. The Labute approximate surface area is 152 Å². The second-order valence-corrected chi connectivity index (χ2v) is 7.36. The molecule has 1 aliphatic heterocycles. The quantitative estimate of drug-likeness (QED) is 0.831. The van der Waals surface area contributed by atoms with Gasteiger partial charge in [0.1, 0.15) is 0 Å². The molecular formula is C20H23BrN2O. The first-order valence-corrected chi connectivity index (χ1v) is 9.24. The third kappa shape index (κ3) is 4.46. The number of para-hydroxylation sites is 1. The van der Waals surface area contributed by atoms with E-state index in [9.17, 15) is 4.79 Å². The standard InChI is InChI=1S/C20H23BrN2O/c1-15-6-8-16(9-7-15)14-23-12-10-17(11-13-23)20(24)22-19-5-3-2-4-18(19)21/h2-9,17H,10-14H2,1H3,(H,22,24). The number of hydrogen-bond acceptors (Lipinski definition) is 2. The summed E-state index contributed by atoms with van der Waals surface area (Å²) in [7, 11) is 0. The Balaban J connectivity index is 1.50. The maximum atomic E-state index is 12.5. The van der Waals surface area contributed by atoms with Crippen molar-refractivity contribution in [2.75, 3.05) is 18.4 Å². The van der Waals surface area contributed by atoms with E-state index in [0.29, 0.717) is 0 Å². The van der Waals surface area contributed by atoms with E-state index in [1.165, 1.54) is 11.1 Å². The highest BCUT2D eigenvalue weighted by Crippen LogP contribution is 2.25. The molecule has 0 aromatic heterocycles. The van der Waals surface area contributed by atoms with Gasteiger partial charge in [-0.15, -0.1) is 0 Å². The number of nitrogens with one attached hydrogen (secondary N) is 1. The molecule has 1 N–H and O–H groups in total. The molecule has 3 rings (SSSR count). The monoisotopic (exact) mass is 386 g/mol. The van der Waals surface area contributed by atoms with E-state index in [0.717, 1.165) is 42.6 Å². The van der Waals surface area contributed by atoms with Crippen molar-refractivity contribution in [2.45, 2.75) is 26.3 Å². The molecule has 0 atom stereocenters. The van der Waals surface area contributed by atoms with Crippen molar-refractivity contribution < 1.29 is 4.79 Å². The molecule has 0 saturated carbocycles. The van der Waals surface area contributed by atoms with Gasteiger partial charge >= 0.3 is 0 Å². The fraction of sp³-hybridized carbons (Fsp3) is 0.350. The smallest absolute Gasteiger partial charge is 0.227 e. The third-order valence-electron chi connectivity index (χ3n) is 4.62. The number of rotatable bonds is 4. The zero-order valence-electron chi connectivity index (χ0n) is 14.0. The maximum Gasteiger partial charge on any atom is 0.227 e. The summed E-state index contributed by atoms with van der Waals surface area (Å²) in [5.74, 6) is 0.239. The highest BCUT2D eigenvalue weighted by atomic mass is 79.9. The van der Waals surface area contributed by atoms with Gasteiger partial charge in [0.25, 0.3) is 0 Å². The van der Waals surface area contributed by atoms with E-state index in [-0.39, 0.29) is 11.8 Å². The van der Waals surface area contributed by atoms with Gasteiger partial charge in [0.15, 0.2) is 0 Å². The minimum atomic E-state index is 0.103. The number of nitrogens with zero attached hydrogens (tertiary/aromatic N) is 1. The second-order valence-electron chi connectivity index (χ2n) is 6.51. The van der Waals surface area contributed by atoms with Crippen LogP contribution in [0.4, 0.5) is 5.69 Å². The summed E-state index contributed by atoms with van der Waals surface area (Å²) in [5.41, 5.74) is 3.49. The molecule has 0 spiro atoms. The lowest BCUT2D eigenvalue weighted by molar-refractivity contribution is -0.121. The summed E-state index contributed by atoms with van der Waals surface area (Å²) >= 11 is 3.48. The molecule has 1 aliphatic rings. The van der Waals surface area contributed by atoms with Crippen LogP contribution in [0, 0.1) is 12.8 Å². The summed E-state index contributed by atoms with van der Waals surface area (Å²) in [6, 6.07) is 16.5. The van der Waals surface area contributed by atoms with Crippen LogP contribution >= 0.6 is 15.9 Å². The van der Waals surface area contributed by atoms with Gasteiger partial charge in [-0.25, -0.2) is 0 Å². The van der Waals surface area contributed by atoms with Gasteiger partial charge in [-0.1, -0.05) is 42.0 Å². The largest absolute Gasteiger partial charge is 0.325 e. The summed E-state index contributed by atoms with van der Waals surface area (Å²) in [6.45, 7) is 5.03. The molecule has 0 radical (unpaired) electrons. The number of benzene rings is 2. The molecule has 3 nitrogen and oxygen atoms in total. The number of hydrogen-bond donors (Lipinski definition) is 1. The molecule has 1 amide bonds. The van der Waals surface area contributed by atoms with Crippen molar-refractivity contribution in [3.05, 3.63) is 64.1 Å². The van der Waals surface area contributed by atoms with Crippen LogP contribution in [0.25, 0.3) is 0 Å². The molecular weight excluding hydrogens is 364 g/mol. The number of carbonyl (C=O) groups excluding carboxylic acids is 1. The fourth-order valence-electron chi connectivity index (χ4n) is 3.10. The number of likely N-dealkylation sites (tertiary alicyclic amines) is 1. The lowest BCUT2D eigenvalue weighted by atomic mass is 9.95. The lowest BCUT2D eigenvalue weighted by Gasteiger charge is -2.31. The van der Waals surface area contributed by atoms with Crippen LogP contribution in [-0.2, 0) is 11.3 Å². The lowest BCUT2D eigenvalue weighted by Crippen LogP contribution is -2.37. The van der Waals surface area contributed by atoms with Crippen LogP contribution in [-0.4, -0.2) is 23.9 Å². The Morgan fingerprint density at radius 3 is 2.46 bits per heavy atom. The Morgan fingerprint density at radius 2 is 1.79 bits per heavy atom. The van der Waals surface area contributed by atoms with E-state index in [4.69, 9.17) is 0 Å². The Kier molecular flexibility index (Phi) is 5.69. The summed E-state index contributed by atoms with van der Waals surface area (Å²) < 4.78 is 0.926. The molecule has 0 unspecified atom stereocenters. The number of carbonyl (C=O) groups is 1. The van der Waals surface area contributed by atoms with Crippen LogP contribution in [0.15, 0.2) is 53.0 Å².